The quantitative estimate of drug-likeness (QED) is 0.440. The second kappa shape index (κ2) is 7.09. The van der Waals surface area contributed by atoms with Crippen molar-refractivity contribution in [3.63, 3.8) is 0 Å². The highest BCUT2D eigenvalue weighted by Gasteiger charge is 2.25. The van der Waals surface area contributed by atoms with E-state index in [1.165, 1.54) is 33.3 Å². The summed E-state index contributed by atoms with van der Waals surface area (Å²) < 4.78 is 0. The zero-order valence-corrected chi connectivity index (χ0v) is 17.0. The summed E-state index contributed by atoms with van der Waals surface area (Å²) in [7, 11) is 0. The van der Waals surface area contributed by atoms with Crippen LogP contribution in [0.3, 0.4) is 0 Å². The number of benzene rings is 3. The van der Waals surface area contributed by atoms with E-state index in [1.807, 2.05) is 17.0 Å². The standard InChI is InChI=1S/C25H21ClN2O/c1-16-5-2-3-8-20(16)17-9-10-23-21(14-17)22-15-28(12-11-24(22)27-23)25(29)18-6-4-7-19(26)13-18/h2-10,13-14,27H,11-12,15H2,1H3. The molecule has 0 radical (unpaired) electrons. The Kier molecular flexibility index (Phi) is 4.40. The summed E-state index contributed by atoms with van der Waals surface area (Å²) in [6, 6.07) is 22.2. The van der Waals surface area contributed by atoms with Crippen molar-refractivity contribution in [2.45, 2.75) is 19.9 Å². The Morgan fingerprint density at radius 3 is 2.72 bits per heavy atom. The molecular weight excluding hydrogens is 380 g/mol. The number of carbonyl (C=O) groups excluding carboxylic acids is 1. The fraction of sp³-hybridized carbons (Fsp3) is 0.160. The van der Waals surface area contributed by atoms with E-state index in [0.717, 1.165) is 11.9 Å². The number of carbonyl (C=O) groups is 1. The Hall–Kier alpha value is -3.04. The van der Waals surface area contributed by atoms with Crippen molar-refractivity contribution < 1.29 is 4.79 Å². The molecule has 0 saturated heterocycles. The lowest BCUT2D eigenvalue weighted by molar-refractivity contribution is 0.0735. The van der Waals surface area contributed by atoms with Crippen LogP contribution >= 0.6 is 11.6 Å². The highest BCUT2D eigenvalue weighted by molar-refractivity contribution is 6.30. The molecule has 0 unspecified atom stereocenters. The first-order valence-electron chi connectivity index (χ1n) is 9.84. The predicted octanol–water partition coefficient (Wildman–Crippen LogP) is 6.00. The molecular formula is C25H21ClN2O. The number of hydrogen-bond acceptors (Lipinski definition) is 1. The van der Waals surface area contributed by atoms with E-state index in [1.54, 1.807) is 12.1 Å². The summed E-state index contributed by atoms with van der Waals surface area (Å²) in [5, 5.41) is 1.79. The average Bonchev–Trinajstić information content (AvgIpc) is 3.10. The maximum atomic E-state index is 13.0. The third-order valence-electron chi connectivity index (χ3n) is 5.79. The van der Waals surface area contributed by atoms with Crippen molar-refractivity contribution in [3.05, 3.63) is 94.1 Å². The Labute approximate surface area is 174 Å². The number of nitrogens with zero attached hydrogens (tertiary/aromatic N) is 1. The summed E-state index contributed by atoms with van der Waals surface area (Å²) in [4.78, 5) is 18.5. The van der Waals surface area contributed by atoms with Crippen molar-refractivity contribution >= 4 is 28.4 Å². The van der Waals surface area contributed by atoms with Gasteiger partial charge in [0.2, 0.25) is 0 Å². The van der Waals surface area contributed by atoms with Gasteiger partial charge in [-0.1, -0.05) is 48.0 Å². The lowest BCUT2D eigenvalue weighted by Crippen LogP contribution is -2.35. The van der Waals surface area contributed by atoms with Gasteiger partial charge in [0.05, 0.1) is 0 Å². The second-order valence-electron chi connectivity index (χ2n) is 7.64. The molecule has 4 heteroatoms. The van der Waals surface area contributed by atoms with Gasteiger partial charge in [-0.3, -0.25) is 4.79 Å². The molecule has 1 amide bonds. The van der Waals surface area contributed by atoms with Crippen LogP contribution in [-0.4, -0.2) is 22.3 Å². The predicted molar refractivity (Wildman–Crippen MR) is 118 cm³/mol. The molecule has 4 aromatic rings. The third kappa shape index (κ3) is 3.22. The number of aryl methyl sites for hydroxylation is 1. The molecule has 0 bridgehead atoms. The van der Waals surface area contributed by atoms with Crippen LogP contribution in [0.4, 0.5) is 0 Å². The van der Waals surface area contributed by atoms with Gasteiger partial charge in [0.25, 0.3) is 5.91 Å². The molecule has 2 heterocycles. The summed E-state index contributed by atoms with van der Waals surface area (Å²) in [5.41, 5.74) is 7.93. The van der Waals surface area contributed by atoms with Gasteiger partial charge in [-0.25, -0.2) is 0 Å². The summed E-state index contributed by atoms with van der Waals surface area (Å²) in [6.45, 7) is 3.45. The van der Waals surface area contributed by atoms with Gasteiger partial charge < -0.3 is 9.88 Å². The fourth-order valence-corrected chi connectivity index (χ4v) is 4.45. The highest BCUT2D eigenvalue weighted by atomic mass is 35.5. The monoisotopic (exact) mass is 400 g/mol. The molecule has 0 atom stereocenters. The Bertz CT molecular complexity index is 1240. The largest absolute Gasteiger partial charge is 0.358 e. The number of fused-ring (bicyclic) bond motifs is 3. The van der Waals surface area contributed by atoms with Crippen LogP contribution in [0.15, 0.2) is 66.7 Å². The lowest BCUT2D eigenvalue weighted by atomic mass is 9.97. The maximum absolute atomic E-state index is 13.0. The second-order valence-corrected chi connectivity index (χ2v) is 8.08. The van der Waals surface area contributed by atoms with Gasteiger partial charge in [0, 0.05) is 52.3 Å². The van der Waals surface area contributed by atoms with Crippen molar-refractivity contribution in [3.8, 4) is 11.1 Å². The van der Waals surface area contributed by atoms with Gasteiger partial charge >= 0.3 is 0 Å². The number of halogens is 1. The van der Waals surface area contributed by atoms with Crippen molar-refractivity contribution in [1.29, 1.82) is 0 Å². The minimum Gasteiger partial charge on any atom is -0.358 e. The molecule has 0 aliphatic carbocycles. The van der Waals surface area contributed by atoms with Crippen molar-refractivity contribution in [1.82, 2.24) is 9.88 Å². The van der Waals surface area contributed by atoms with E-state index in [-0.39, 0.29) is 5.91 Å². The number of nitrogens with one attached hydrogen (secondary N) is 1. The molecule has 29 heavy (non-hydrogen) atoms. The third-order valence-corrected chi connectivity index (χ3v) is 6.03. The normalized spacial score (nSPS) is 13.5. The molecule has 5 rings (SSSR count). The number of aromatic amines is 1. The molecule has 1 aliphatic heterocycles. The molecule has 3 aromatic carbocycles. The molecule has 1 N–H and O–H groups in total. The number of amides is 1. The van der Waals surface area contributed by atoms with Crippen molar-refractivity contribution in [2.24, 2.45) is 0 Å². The Balaban J connectivity index is 1.52. The van der Waals surface area contributed by atoms with E-state index in [0.29, 0.717) is 23.7 Å². The molecule has 0 fully saturated rings. The van der Waals surface area contributed by atoms with E-state index in [9.17, 15) is 4.79 Å². The van der Waals surface area contributed by atoms with Crippen LogP contribution in [0, 0.1) is 6.92 Å². The molecule has 3 nitrogen and oxygen atoms in total. The first kappa shape index (κ1) is 18.0. The average molecular weight is 401 g/mol. The molecule has 1 aromatic heterocycles. The highest BCUT2D eigenvalue weighted by Crippen LogP contribution is 2.33. The summed E-state index contributed by atoms with van der Waals surface area (Å²) in [6.07, 6.45) is 0.829. The van der Waals surface area contributed by atoms with Crippen LogP contribution < -0.4 is 0 Å². The molecule has 0 saturated carbocycles. The Morgan fingerprint density at radius 1 is 1.03 bits per heavy atom. The summed E-state index contributed by atoms with van der Waals surface area (Å²) >= 11 is 6.08. The van der Waals surface area contributed by atoms with E-state index in [4.69, 9.17) is 11.6 Å². The van der Waals surface area contributed by atoms with Gasteiger partial charge in [0.15, 0.2) is 0 Å². The zero-order valence-electron chi connectivity index (χ0n) is 16.2. The van der Waals surface area contributed by atoms with E-state index >= 15 is 0 Å². The number of aromatic nitrogens is 1. The SMILES string of the molecule is Cc1ccccc1-c1ccc2[nH]c3c(c2c1)CN(C(=O)c1cccc(Cl)c1)CC3. The molecule has 1 aliphatic rings. The first-order chi connectivity index (χ1) is 14.1. The van der Waals surface area contributed by atoms with Crippen LogP contribution in [0.25, 0.3) is 22.0 Å². The topological polar surface area (TPSA) is 36.1 Å². The minimum absolute atomic E-state index is 0.0301. The maximum Gasteiger partial charge on any atom is 0.254 e. The van der Waals surface area contributed by atoms with Gasteiger partial charge in [0.1, 0.15) is 0 Å². The van der Waals surface area contributed by atoms with Crippen LogP contribution in [0.5, 0.6) is 0 Å². The van der Waals surface area contributed by atoms with Gasteiger partial charge in [-0.2, -0.15) is 0 Å². The minimum atomic E-state index is 0.0301. The van der Waals surface area contributed by atoms with Crippen LogP contribution in [0.1, 0.15) is 27.2 Å². The zero-order chi connectivity index (χ0) is 20.0. The van der Waals surface area contributed by atoms with E-state index < -0.39 is 0 Å². The number of rotatable bonds is 2. The van der Waals surface area contributed by atoms with Crippen molar-refractivity contribution in [2.75, 3.05) is 6.54 Å². The molecule has 144 valence electrons. The van der Waals surface area contributed by atoms with E-state index in [2.05, 4.69) is 54.4 Å². The fourth-order valence-electron chi connectivity index (χ4n) is 4.26. The number of H-pyrrole nitrogens is 1. The van der Waals surface area contributed by atoms with Crippen LogP contribution in [0.2, 0.25) is 5.02 Å². The summed E-state index contributed by atoms with van der Waals surface area (Å²) in [5.74, 6) is 0.0301. The van der Waals surface area contributed by atoms with Gasteiger partial charge in [-0.15, -0.1) is 0 Å². The molecule has 0 spiro atoms. The first-order valence-corrected chi connectivity index (χ1v) is 10.2. The Morgan fingerprint density at radius 2 is 1.90 bits per heavy atom. The smallest absolute Gasteiger partial charge is 0.254 e. The lowest BCUT2D eigenvalue weighted by Gasteiger charge is -2.27. The van der Waals surface area contributed by atoms with Gasteiger partial charge in [-0.05, 0) is 53.9 Å². The number of hydrogen-bond donors (Lipinski definition) is 1. The van der Waals surface area contributed by atoms with Crippen LogP contribution in [-0.2, 0) is 13.0 Å².